The highest BCUT2D eigenvalue weighted by molar-refractivity contribution is 5.86. The molecule has 3 heterocycles. The molecular formula is C28H35N9O2. The maximum Gasteiger partial charge on any atom is 0.266 e. The number of imidazole rings is 1. The minimum Gasteiger partial charge on any atom is -0.359 e. The van der Waals surface area contributed by atoms with Crippen molar-refractivity contribution >= 4 is 28.5 Å². The van der Waals surface area contributed by atoms with Crippen LogP contribution < -0.4 is 15.5 Å². The number of aromatic nitrogens is 6. The third-order valence-corrected chi connectivity index (χ3v) is 7.11. The van der Waals surface area contributed by atoms with Crippen LogP contribution in [0.2, 0.25) is 0 Å². The number of H-pyrrole nitrogens is 1. The van der Waals surface area contributed by atoms with Crippen molar-refractivity contribution in [1.29, 1.82) is 0 Å². The maximum absolute atomic E-state index is 13.0. The fourth-order valence-electron chi connectivity index (χ4n) is 4.94. The van der Waals surface area contributed by atoms with Crippen LogP contribution in [0.5, 0.6) is 0 Å². The van der Waals surface area contributed by atoms with E-state index in [2.05, 4.69) is 71.2 Å². The monoisotopic (exact) mass is 529 g/mol. The largest absolute Gasteiger partial charge is 0.359 e. The summed E-state index contributed by atoms with van der Waals surface area (Å²) in [4.78, 5) is 36.1. The molecule has 5 rings (SSSR count). The van der Waals surface area contributed by atoms with E-state index in [1.165, 1.54) is 10.2 Å². The van der Waals surface area contributed by atoms with E-state index in [9.17, 15) is 9.59 Å². The number of benzene rings is 2. The second-order valence-corrected chi connectivity index (χ2v) is 9.95. The number of unbranched alkanes of at least 4 members (excludes halogenated alkanes) is 2. The van der Waals surface area contributed by atoms with Gasteiger partial charge in [0, 0.05) is 32.1 Å². The third kappa shape index (κ3) is 6.78. The molecule has 3 N–H and O–H groups in total. The van der Waals surface area contributed by atoms with Gasteiger partial charge in [-0.2, -0.15) is 4.80 Å². The van der Waals surface area contributed by atoms with Crippen LogP contribution in [-0.4, -0.2) is 62.1 Å². The number of hydrogen-bond donors (Lipinski definition) is 3. The van der Waals surface area contributed by atoms with Gasteiger partial charge >= 0.3 is 0 Å². The Kier molecular flexibility index (Phi) is 8.45. The van der Waals surface area contributed by atoms with Gasteiger partial charge in [0.25, 0.3) is 5.95 Å². The van der Waals surface area contributed by atoms with Crippen molar-refractivity contribution in [3.63, 3.8) is 0 Å². The van der Waals surface area contributed by atoms with Gasteiger partial charge < -0.3 is 20.5 Å². The molecule has 1 fully saturated rings. The Morgan fingerprint density at radius 3 is 2.67 bits per heavy atom. The topological polar surface area (TPSA) is 134 Å². The quantitative estimate of drug-likeness (QED) is 0.240. The highest BCUT2D eigenvalue weighted by Crippen LogP contribution is 2.26. The normalized spacial score (nSPS) is 14.0. The van der Waals surface area contributed by atoms with Gasteiger partial charge in [0.05, 0.1) is 17.9 Å². The van der Waals surface area contributed by atoms with Gasteiger partial charge in [-0.1, -0.05) is 54.3 Å². The fourth-order valence-corrected chi connectivity index (χ4v) is 4.94. The van der Waals surface area contributed by atoms with Crippen molar-refractivity contribution in [3.8, 4) is 11.3 Å². The fraction of sp³-hybridized carbons (Fsp3) is 0.429. The van der Waals surface area contributed by atoms with Crippen molar-refractivity contribution in [3.05, 3.63) is 54.5 Å². The van der Waals surface area contributed by atoms with E-state index >= 15 is 0 Å². The summed E-state index contributed by atoms with van der Waals surface area (Å²) in [7, 11) is 1.65. The highest BCUT2D eigenvalue weighted by atomic mass is 16.2. The van der Waals surface area contributed by atoms with Crippen LogP contribution in [-0.2, 0) is 16.1 Å². The molecule has 0 saturated carbocycles. The molecule has 1 aliphatic heterocycles. The summed E-state index contributed by atoms with van der Waals surface area (Å²) in [6, 6.07) is 14.2. The number of carbonyl (C=O) groups excluding carboxylic acids is 2. The lowest BCUT2D eigenvalue weighted by Gasteiger charge is -2.17. The van der Waals surface area contributed by atoms with Crippen LogP contribution in [0.25, 0.3) is 22.0 Å². The van der Waals surface area contributed by atoms with E-state index in [-0.39, 0.29) is 24.4 Å². The molecule has 2 amide bonds. The second-order valence-electron chi connectivity index (χ2n) is 9.95. The predicted octanol–water partition coefficient (Wildman–Crippen LogP) is 3.37. The van der Waals surface area contributed by atoms with Crippen molar-refractivity contribution in [2.45, 2.75) is 57.5 Å². The average molecular weight is 530 g/mol. The van der Waals surface area contributed by atoms with Gasteiger partial charge in [-0.3, -0.25) is 9.59 Å². The second kappa shape index (κ2) is 12.5. The predicted molar refractivity (Wildman–Crippen MR) is 149 cm³/mol. The number of carbonyl (C=O) groups is 2. The smallest absolute Gasteiger partial charge is 0.266 e. The van der Waals surface area contributed by atoms with Crippen molar-refractivity contribution in [1.82, 2.24) is 40.8 Å². The summed E-state index contributed by atoms with van der Waals surface area (Å²) in [6.45, 7) is 1.81. The van der Waals surface area contributed by atoms with Gasteiger partial charge in [0.1, 0.15) is 12.4 Å². The molecule has 2 aromatic heterocycles. The van der Waals surface area contributed by atoms with Gasteiger partial charge in [0.15, 0.2) is 0 Å². The summed E-state index contributed by atoms with van der Waals surface area (Å²) < 4.78 is 0. The molecule has 0 bridgehead atoms. The Morgan fingerprint density at radius 1 is 1.03 bits per heavy atom. The van der Waals surface area contributed by atoms with E-state index in [1.807, 2.05) is 18.3 Å². The van der Waals surface area contributed by atoms with E-state index < -0.39 is 0 Å². The summed E-state index contributed by atoms with van der Waals surface area (Å²) in [5.41, 5.74) is 1.92. The third-order valence-electron chi connectivity index (χ3n) is 7.11. The Balaban J connectivity index is 1.26. The van der Waals surface area contributed by atoms with Gasteiger partial charge in [-0.05, 0) is 47.7 Å². The first-order valence-electron chi connectivity index (χ1n) is 13.7. The molecule has 0 radical (unpaired) electrons. The lowest BCUT2D eigenvalue weighted by atomic mass is 10.1. The minimum atomic E-state index is -0.312. The number of tetrazole rings is 1. The number of hydrogen-bond acceptors (Lipinski definition) is 7. The number of nitrogens with one attached hydrogen (secondary N) is 3. The molecule has 4 aromatic rings. The number of nitrogens with zero attached hydrogens (tertiary/aromatic N) is 6. The molecule has 1 saturated heterocycles. The number of rotatable bonds is 12. The SMILES string of the molecule is CNC(=O)CCCCCC(NC(=O)Cn1nnc(N2CCCC2)n1)c1ncc(-c2ccc3ccccc3c2)[nH]1. The molecule has 2 aromatic carbocycles. The summed E-state index contributed by atoms with van der Waals surface area (Å²) in [5, 5.41) is 20.7. The first-order chi connectivity index (χ1) is 19.1. The van der Waals surface area contributed by atoms with Crippen LogP contribution in [0, 0.1) is 0 Å². The summed E-state index contributed by atoms with van der Waals surface area (Å²) in [6.07, 6.45) is 7.74. The van der Waals surface area contributed by atoms with Crippen LogP contribution in [0.4, 0.5) is 5.95 Å². The Hall–Kier alpha value is -4.28. The standard InChI is InChI=1S/C28H35N9O2/c1-29-25(38)12-4-2-3-11-23(31-26(39)19-37-34-28(33-35-37)36-15-7-8-16-36)27-30-18-24(32-27)22-14-13-20-9-5-6-10-21(20)17-22/h5-6,9-10,13-14,17-18,23H,2-4,7-8,11-12,15-16,19H2,1H3,(H,29,38)(H,30,32)(H,31,39). The summed E-state index contributed by atoms with van der Waals surface area (Å²) in [5.74, 6) is 1.10. The maximum atomic E-state index is 13.0. The van der Waals surface area contributed by atoms with E-state index in [1.54, 1.807) is 7.05 Å². The molecule has 11 heteroatoms. The molecule has 0 spiro atoms. The molecule has 39 heavy (non-hydrogen) atoms. The van der Waals surface area contributed by atoms with E-state index in [0.717, 1.165) is 61.8 Å². The van der Waals surface area contributed by atoms with Crippen LogP contribution >= 0.6 is 0 Å². The first kappa shape index (κ1) is 26.3. The molecule has 1 unspecified atom stereocenters. The molecule has 0 aliphatic carbocycles. The zero-order valence-electron chi connectivity index (χ0n) is 22.3. The molecule has 11 nitrogen and oxygen atoms in total. The van der Waals surface area contributed by atoms with Gasteiger partial charge in [-0.15, -0.1) is 5.10 Å². The zero-order chi connectivity index (χ0) is 27.0. The van der Waals surface area contributed by atoms with Crippen molar-refractivity contribution < 1.29 is 9.59 Å². The molecule has 1 aliphatic rings. The Bertz CT molecular complexity index is 1410. The summed E-state index contributed by atoms with van der Waals surface area (Å²) >= 11 is 0. The number of fused-ring (bicyclic) bond motifs is 1. The number of aromatic amines is 1. The van der Waals surface area contributed by atoms with E-state index in [0.29, 0.717) is 24.6 Å². The van der Waals surface area contributed by atoms with Crippen molar-refractivity contribution in [2.75, 3.05) is 25.0 Å². The molecule has 204 valence electrons. The number of anilines is 1. The van der Waals surface area contributed by atoms with Crippen LogP contribution in [0.15, 0.2) is 48.7 Å². The van der Waals surface area contributed by atoms with Crippen LogP contribution in [0.3, 0.4) is 0 Å². The van der Waals surface area contributed by atoms with Gasteiger partial charge in [0.2, 0.25) is 11.8 Å². The van der Waals surface area contributed by atoms with Crippen molar-refractivity contribution in [2.24, 2.45) is 0 Å². The molecule has 1 atom stereocenters. The Morgan fingerprint density at radius 2 is 1.85 bits per heavy atom. The minimum absolute atomic E-state index is 0.0216. The average Bonchev–Trinajstić information content (AvgIpc) is 3.74. The van der Waals surface area contributed by atoms with Crippen LogP contribution in [0.1, 0.15) is 56.8 Å². The van der Waals surface area contributed by atoms with E-state index in [4.69, 9.17) is 0 Å². The highest BCUT2D eigenvalue weighted by Gasteiger charge is 2.21. The Labute approximate surface area is 227 Å². The zero-order valence-corrected chi connectivity index (χ0v) is 22.3. The van der Waals surface area contributed by atoms with Gasteiger partial charge in [-0.25, -0.2) is 4.98 Å². The molecular weight excluding hydrogens is 494 g/mol. The lowest BCUT2D eigenvalue weighted by molar-refractivity contribution is -0.123. The first-order valence-corrected chi connectivity index (χ1v) is 13.7. The number of amides is 2. The lowest BCUT2D eigenvalue weighted by Crippen LogP contribution is -2.33.